The number of carbonyl (C=O) groups is 1. The second kappa shape index (κ2) is 5.05. The molecule has 0 bridgehead atoms. The topological polar surface area (TPSA) is 68.0 Å². The molecule has 100 valence electrons. The molecule has 1 heterocycles. The van der Waals surface area contributed by atoms with Gasteiger partial charge in [0, 0.05) is 28.8 Å². The smallest absolute Gasteiger partial charge is 0.224 e. The largest absolute Gasteiger partial charge is 0.383 e. The molecule has 0 spiro atoms. The SMILES string of the molecule is CC(C)(CNc1ccnc2cc(Cl)ccc12)C(N)=O. The van der Waals surface area contributed by atoms with E-state index < -0.39 is 5.41 Å². The van der Waals surface area contributed by atoms with Gasteiger partial charge in [0.25, 0.3) is 0 Å². The molecule has 1 aromatic carbocycles. The lowest BCUT2D eigenvalue weighted by atomic mass is 9.92. The van der Waals surface area contributed by atoms with E-state index in [1.54, 1.807) is 12.3 Å². The minimum atomic E-state index is -0.609. The predicted octanol–water partition coefficient (Wildman–Crippen LogP) is 2.81. The van der Waals surface area contributed by atoms with E-state index >= 15 is 0 Å². The maximum absolute atomic E-state index is 11.3. The first kappa shape index (κ1) is 13.6. The molecule has 3 N–H and O–H groups in total. The quantitative estimate of drug-likeness (QED) is 0.903. The molecule has 0 aliphatic carbocycles. The second-order valence-corrected chi connectivity index (χ2v) is 5.56. The fourth-order valence-electron chi connectivity index (χ4n) is 1.68. The molecule has 0 saturated carbocycles. The summed E-state index contributed by atoms with van der Waals surface area (Å²) in [5.74, 6) is -0.332. The third kappa shape index (κ3) is 2.96. The Labute approximate surface area is 117 Å². The van der Waals surface area contributed by atoms with Crippen molar-refractivity contribution in [3.05, 3.63) is 35.5 Å². The van der Waals surface area contributed by atoms with E-state index in [4.69, 9.17) is 17.3 Å². The van der Waals surface area contributed by atoms with Crippen LogP contribution in [0.25, 0.3) is 10.9 Å². The van der Waals surface area contributed by atoms with Crippen molar-refractivity contribution >= 4 is 34.1 Å². The summed E-state index contributed by atoms with van der Waals surface area (Å²) in [4.78, 5) is 15.6. The number of nitrogens with two attached hydrogens (primary N) is 1. The number of halogens is 1. The van der Waals surface area contributed by atoms with Crippen LogP contribution in [0.5, 0.6) is 0 Å². The lowest BCUT2D eigenvalue weighted by Gasteiger charge is -2.22. The molecule has 2 aromatic rings. The van der Waals surface area contributed by atoms with Gasteiger partial charge in [-0.2, -0.15) is 0 Å². The maximum Gasteiger partial charge on any atom is 0.224 e. The molecular weight excluding hydrogens is 262 g/mol. The molecule has 0 atom stereocenters. The Balaban J connectivity index is 2.29. The Bertz CT molecular complexity index is 625. The Morgan fingerprint density at radius 2 is 2.16 bits per heavy atom. The first-order valence-corrected chi connectivity index (χ1v) is 6.36. The highest BCUT2D eigenvalue weighted by molar-refractivity contribution is 6.31. The van der Waals surface area contributed by atoms with Crippen LogP contribution in [-0.4, -0.2) is 17.4 Å². The molecule has 0 aliphatic heterocycles. The molecule has 19 heavy (non-hydrogen) atoms. The van der Waals surface area contributed by atoms with Gasteiger partial charge in [0.05, 0.1) is 10.9 Å². The number of nitrogens with one attached hydrogen (secondary N) is 1. The fraction of sp³-hybridized carbons (Fsp3) is 0.286. The molecule has 1 aromatic heterocycles. The van der Waals surface area contributed by atoms with Crippen molar-refractivity contribution in [1.29, 1.82) is 0 Å². The number of carbonyl (C=O) groups excluding carboxylic acids is 1. The van der Waals surface area contributed by atoms with Crippen molar-refractivity contribution in [3.63, 3.8) is 0 Å². The molecular formula is C14H16ClN3O. The Morgan fingerprint density at radius 3 is 2.84 bits per heavy atom. The predicted molar refractivity (Wildman–Crippen MR) is 78.2 cm³/mol. The minimum Gasteiger partial charge on any atom is -0.383 e. The van der Waals surface area contributed by atoms with Crippen LogP contribution < -0.4 is 11.1 Å². The molecule has 4 nitrogen and oxygen atoms in total. The van der Waals surface area contributed by atoms with Crippen LogP contribution in [0.15, 0.2) is 30.5 Å². The number of anilines is 1. The highest BCUT2D eigenvalue weighted by Crippen LogP contribution is 2.25. The molecule has 0 fully saturated rings. The van der Waals surface area contributed by atoms with E-state index in [9.17, 15) is 4.79 Å². The van der Waals surface area contributed by atoms with Crippen molar-refractivity contribution in [2.45, 2.75) is 13.8 Å². The summed E-state index contributed by atoms with van der Waals surface area (Å²) in [6.07, 6.45) is 1.71. The lowest BCUT2D eigenvalue weighted by Crippen LogP contribution is -2.37. The number of amides is 1. The number of fused-ring (bicyclic) bond motifs is 1. The van der Waals surface area contributed by atoms with Gasteiger partial charge >= 0.3 is 0 Å². The van der Waals surface area contributed by atoms with Crippen molar-refractivity contribution in [2.24, 2.45) is 11.1 Å². The zero-order valence-electron chi connectivity index (χ0n) is 10.9. The highest BCUT2D eigenvalue weighted by atomic mass is 35.5. The molecule has 1 amide bonds. The van der Waals surface area contributed by atoms with E-state index in [1.807, 2.05) is 32.0 Å². The van der Waals surface area contributed by atoms with Crippen LogP contribution in [0.4, 0.5) is 5.69 Å². The van der Waals surface area contributed by atoms with Gasteiger partial charge in [-0.1, -0.05) is 11.6 Å². The highest BCUT2D eigenvalue weighted by Gasteiger charge is 2.24. The molecule has 5 heteroatoms. The number of nitrogens with zero attached hydrogens (tertiary/aromatic N) is 1. The summed E-state index contributed by atoms with van der Waals surface area (Å²) >= 11 is 5.94. The Hall–Kier alpha value is -1.81. The number of pyridine rings is 1. The maximum atomic E-state index is 11.3. The number of hydrogen-bond acceptors (Lipinski definition) is 3. The summed E-state index contributed by atoms with van der Waals surface area (Å²) < 4.78 is 0. The third-order valence-corrected chi connectivity index (χ3v) is 3.33. The van der Waals surface area contributed by atoms with Crippen LogP contribution in [0.3, 0.4) is 0 Å². The average molecular weight is 278 g/mol. The van der Waals surface area contributed by atoms with Crippen LogP contribution in [-0.2, 0) is 4.79 Å². The monoisotopic (exact) mass is 277 g/mol. The van der Waals surface area contributed by atoms with E-state index in [0.29, 0.717) is 11.6 Å². The van der Waals surface area contributed by atoms with Gasteiger partial charge in [0.15, 0.2) is 0 Å². The number of hydrogen-bond donors (Lipinski definition) is 2. The van der Waals surface area contributed by atoms with Gasteiger partial charge in [-0.25, -0.2) is 0 Å². The van der Waals surface area contributed by atoms with Gasteiger partial charge in [0.1, 0.15) is 0 Å². The summed E-state index contributed by atoms with van der Waals surface area (Å²) in [6, 6.07) is 7.40. The zero-order chi connectivity index (χ0) is 14.0. The third-order valence-electron chi connectivity index (χ3n) is 3.09. The van der Waals surface area contributed by atoms with Crippen molar-refractivity contribution in [1.82, 2.24) is 4.98 Å². The van der Waals surface area contributed by atoms with Gasteiger partial charge in [-0.05, 0) is 38.1 Å². The van der Waals surface area contributed by atoms with E-state index in [-0.39, 0.29) is 5.91 Å². The molecule has 2 rings (SSSR count). The molecule has 0 aliphatic rings. The molecule has 0 saturated heterocycles. The summed E-state index contributed by atoms with van der Waals surface area (Å²) in [7, 11) is 0. The number of benzene rings is 1. The number of aromatic nitrogens is 1. The summed E-state index contributed by atoms with van der Waals surface area (Å²) in [6.45, 7) is 4.08. The van der Waals surface area contributed by atoms with Crippen LogP contribution in [0.1, 0.15) is 13.8 Å². The average Bonchev–Trinajstić information content (AvgIpc) is 2.35. The summed E-state index contributed by atoms with van der Waals surface area (Å²) in [5.41, 5.74) is 6.48. The van der Waals surface area contributed by atoms with Gasteiger partial charge in [-0.3, -0.25) is 9.78 Å². The zero-order valence-corrected chi connectivity index (χ0v) is 11.7. The standard InChI is InChI=1S/C14H16ClN3O/c1-14(2,13(16)19)8-18-11-5-6-17-12-7-9(15)3-4-10(11)12/h3-7H,8H2,1-2H3,(H2,16,19)(H,17,18). The lowest BCUT2D eigenvalue weighted by molar-refractivity contribution is -0.125. The van der Waals surface area contributed by atoms with E-state index in [0.717, 1.165) is 16.6 Å². The van der Waals surface area contributed by atoms with E-state index in [1.165, 1.54) is 0 Å². The Morgan fingerprint density at radius 1 is 1.42 bits per heavy atom. The van der Waals surface area contributed by atoms with Gasteiger partial charge < -0.3 is 11.1 Å². The van der Waals surface area contributed by atoms with Crippen LogP contribution in [0, 0.1) is 5.41 Å². The normalized spacial score (nSPS) is 11.5. The van der Waals surface area contributed by atoms with Crippen molar-refractivity contribution in [2.75, 3.05) is 11.9 Å². The first-order chi connectivity index (χ1) is 8.90. The minimum absolute atomic E-state index is 0.332. The second-order valence-electron chi connectivity index (χ2n) is 5.12. The van der Waals surface area contributed by atoms with E-state index in [2.05, 4.69) is 10.3 Å². The molecule has 0 radical (unpaired) electrons. The van der Waals surface area contributed by atoms with Crippen molar-refractivity contribution in [3.8, 4) is 0 Å². The van der Waals surface area contributed by atoms with Gasteiger partial charge in [-0.15, -0.1) is 0 Å². The van der Waals surface area contributed by atoms with Crippen LogP contribution >= 0.6 is 11.6 Å². The summed E-state index contributed by atoms with van der Waals surface area (Å²) in [5, 5.41) is 4.86. The van der Waals surface area contributed by atoms with Gasteiger partial charge in [0.2, 0.25) is 5.91 Å². The fourth-order valence-corrected chi connectivity index (χ4v) is 1.85. The number of rotatable bonds is 4. The van der Waals surface area contributed by atoms with Crippen molar-refractivity contribution < 1.29 is 4.79 Å². The number of primary amides is 1. The molecule has 0 unspecified atom stereocenters. The first-order valence-electron chi connectivity index (χ1n) is 5.98. The Kier molecular flexibility index (Phi) is 3.62. The van der Waals surface area contributed by atoms with Crippen LogP contribution in [0.2, 0.25) is 5.02 Å².